The van der Waals surface area contributed by atoms with E-state index in [1.165, 1.54) is 19.2 Å². The first-order valence-electron chi connectivity index (χ1n) is 9.58. The Morgan fingerprint density at radius 3 is 2.16 bits per heavy atom. The van der Waals surface area contributed by atoms with Gasteiger partial charge in [0.1, 0.15) is 11.8 Å². The van der Waals surface area contributed by atoms with Crippen LogP contribution in [0.1, 0.15) is 26.3 Å². The van der Waals surface area contributed by atoms with Crippen LogP contribution in [-0.4, -0.2) is 42.5 Å². The summed E-state index contributed by atoms with van der Waals surface area (Å²) in [6.07, 6.45) is 0. The molecule has 0 radical (unpaired) electrons. The van der Waals surface area contributed by atoms with Crippen LogP contribution >= 0.6 is 0 Å². The highest BCUT2D eigenvalue weighted by atomic mass is 16.5. The molecule has 0 aromatic heterocycles. The van der Waals surface area contributed by atoms with Gasteiger partial charge in [0.05, 0.1) is 13.7 Å². The van der Waals surface area contributed by atoms with E-state index >= 15 is 0 Å². The Kier molecular flexibility index (Phi) is 7.13. The van der Waals surface area contributed by atoms with Crippen LogP contribution < -0.4 is 15.4 Å². The van der Waals surface area contributed by atoms with Gasteiger partial charge in [0.15, 0.2) is 5.78 Å². The number of amides is 2. The number of aliphatic hydroxyl groups excluding tert-OH is 1. The summed E-state index contributed by atoms with van der Waals surface area (Å²) in [7, 11) is 1.54. The molecule has 31 heavy (non-hydrogen) atoms. The Balaban J connectivity index is 1.68. The summed E-state index contributed by atoms with van der Waals surface area (Å²) in [6, 6.07) is 20.4. The highest BCUT2D eigenvalue weighted by Gasteiger charge is 2.21. The highest BCUT2D eigenvalue weighted by molar-refractivity contribution is 6.10. The van der Waals surface area contributed by atoms with E-state index in [4.69, 9.17) is 4.74 Å². The molecule has 0 saturated carbocycles. The van der Waals surface area contributed by atoms with Crippen LogP contribution in [0.5, 0.6) is 5.75 Å². The number of carbonyl (C=O) groups excluding carboxylic acids is 3. The second-order valence-corrected chi connectivity index (χ2v) is 6.70. The normalized spacial score (nSPS) is 11.3. The van der Waals surface area contributed by atoms with E-state index in [0.717, 1.165) is 0 Å². The number of benzene rings is 3. The third kappa shape index (κ3) is 5.55. The molecule has 0 fully saturated rings. The van der Waals surface area contributed by atoms with Crippen LogP contribution in [-0.2, 0) is 4.79 Å². The number of hydrogen-bond donors (Lipinski definition) is 3. The van der Waals surface area contributed by atoms with E-state index in [0.29, 0.717) is 22.6 Å². The van der Waals surface area contributed by atoms with Gasteiger partial charge in [-0.25, -0.2) is 0 Å². The highest BCUT2D eigenvalue weighted by Crippen LogP contribution is 2.15. The fraction of sp³-hybridized carbons (Fsp3) is 0.125. The molecule has 0 unspecified atom stereocenters. The van der Waals surface area contributed by atoms with Gasteiger partial charge in [-0.05, 0) is 36.4 Å². The van der Waals surface area contributed by atoms with Crippen molar-refractivity contribution < 1.29 is 24.2 Å². The number of anilines is 1. The first-order valence-corrected chi connectivity index (χ1v) is 9.58. The Bertz CT molecular complexity index is 1060. The Morgan fingerprint density at radius 2 is 1.52 bits per heavy atom. The van der Waals surface area contributed by atoms with Crippen molar-refractivity contribution in [2.75, 3.05) is 19.0 Å². The molecule has 3 rings (SSSR count). The quantitative estimate of drug-likeness (QED) is 0.488. The third-order valence-corrected chi connectivity index (χ3v) is 4.58. The van der Waals surface area contributed by atoms with Crippen LogP contribution in [0.15, 0.2) is 78.9 Å². The van der Waals surface area contributed by atoms with Crippen LogP contribution in [0.4, 0.5) is 5.69 Å². The predicted octanol–water partition coefficient (Wildman–Crippen LogP) is 2.66. The van der Waals surface area contributed by atoms with Gasteiger partial charge in [-0.2, -0.15) is 0 Å². The standard InChI is InChI=1S/C24H22N2O5/c1-31-20-12-10-19(11-13-20)25-24(30)21(15-27)26-23(29)18-9-5-8-17(14-18)22(28)16-6-3-2-4-7-16/h2-14,21,27H,15H2,1H3,(H,25,30)(H,26,29)/t21-/m0/s1. The molecule has 1 atom stereocenters. The molecule has 7 heteroatoms. The number of nitrogens with one attached hydrogen (secondary N) is 2. The predicted molar refractivity (Wildman–Crippen MR) is 116 cm³/mol. The van der Waals surface area contributed by atoms with Crippen molar-refractivity contribution >= 4 is 23.3 Å². The van der Waals surface area contributed by atoms with Crippen LogP contribution in [0.3, 0.4) is 0 Å². The molecule has 0 aliphatic carbocycles. The maximum Gasteiger partial charge on any atom is 0.252 e. The van der Waals surface area contributed by atoms with Crippen molar-refractivity contribution in [3.63, 3.8) is 0 Å². The fourth-order valence-electron chi connectivity index (χ4n) is 2.90. The minimum atomic E-state index is -1.16. The summed E-state index contributed by atoms with van der Waals surface area (Å²) in [4.78, 5) is 37.7. The van der Waals surface area contributed by atoms with Gasteiger partial charge in [0.2, 0.25) is 5.91 Å². The summed E-state index contributed by atoms with van der Waals surface area (Å²) >= 11 is 0. The van der Waals surface area contributed by atoms with Crippen molar-refractivity contribution in [2.24, 2.45) is 0 Å². The molecule has 0 heterocycles. The molecule has 0 spiro atoms. The summed E-state index contributed by atoms with van der Waals surface area (Å²) in [5.41, 5.74) is 1.56. The van der Waals surface area contributed by atoms with Gasteiger partial charge < -0.3 is 20.5 Å². The van der Waals surface area contributed by atoms with E-state index in [1.54, 1.807) is 60.7 Å². The number of ketones is 1. The largest absolute Gasteiger partial charge is 0.497 e. The smallest absolute Gasteiger partial charge is 0.252 e. The lowest BCUT2D eigenvalue weighted by Gasteiger charge is -2.16. The number of aliphatic hydroxyl groups is 1. The topological polar surface area (TPSA) is 105 Å². The Hall–Kier alpha value is -3.97. The van der Waals surface area contributed by atoms with E-state index in [-0.39, 0.29) is 11.3 Å². The summed E-state index contributed by atoms with van der Waals surface area (Å²) in [5.74, 6) is -0.731. The number of hydrogen-bond acceptors (Lipinski definition) is 5. The van der Waals surface area contributed by atoms with Crippen molar-refractivity contribution in [3.8, 4) is 5.75 Å². The zero-order valence-corrected chi connectivity index (χ0v) is 16.9. The Morgan fingerprint density at radius 1 is 0.871 bits per heavy atom. The fourth-order valence-corrected chi connectivity index (χ4v) is 2.90. The minimum absolute atomic E-state index is 0.206. The van der Waals surface area contributed by atoms with Crippen LogP contribution in [0.2, 0.25) is 0 Å². The lowest BCUT2D eigenvalue weighted by atomic mass is 10.0. The van der Waals surface area contributed by atoms with Crippen molar-refractivity contribution in [1.29, 1.82) is 0 Å². The first kappa shape index (κ1) is 21.7. The summed E-state index contributed by atoms with van der Waals surface area (Å²) < 4.78 is 5.07. The average molecular weight is 418 g/mol. The number of ether oxygens (including phenoxy) is 1. The van der Waals surface area contributed by atoms with Crippen molar-refractivity contribution in [1.82, 2.24) is 5.32 Å². The van der Waals surface area contributed by atoms with Gasteiger partial charge in [0.25, 0.3) is 5.91 Å². The first-order chi connectivity index (χ1) is 15.0. The zero-order valence-electron chi connectivity index (χ0n) is 16.9. The van der Waals surface area contributed by atoms with E-state index in [1.807, 2.05) is 6.07 Å². The van der Waals surface area contributed by atoms with Gasteiger partial charge in [-0.15, -0.1) is 0 Å². The molecule has 3 aromatic carbocycles. The van der Waals surface area contributed by atoms with Gasteiger partial charge in [-0.3, -0.25) is 14.4 Å². The molecule has 0 bridgehead atoms. The van der Waals surface area contributed by atoms with Crippen LogP contribution in [0.25, 0.3) is 0 Å². The summed E-state index contributed by atoms with van der Waals surface area (Å²) in [6.45, 7) is -0.587. The molecule has 7 nitrogen and oxygen atoms in total. The average Bonchev–Trinajstić information content (AvgIpc) is 2.83. The second-order valence-electron chi connectivity index (χ2n) is 6.70. The monoisotopic (exact) mass is 418 g/mol. The van der Waals surface area contributed by atoms with Gasteiger partial charge in [0, 0.05) is 22.4 Å². The second kappa shape index (κ2) is 10.2. The minimum Gasteiger partial charge on any atom is -0.497 e. The van der Waals surface area contributed by atoms with Gasteiger partial charge in [-0.1, -0.05) is 42.5 Å². The van der Waals surface area contributed by atoms with Crippen LogP contribution in [0, 0.1) is 0 Å². The molecule has 2 amide bonds. The maximum absolute atomic E-state index is 12.6. The summed E-state index contributed by atoms with van der Waals surface area (Å²) in [5, 5.41) is 14.7. The lowest BCUT2D eigenvalue weighted by molar-refractivity contribution is -0.118. The molecular formula is C24H22N2O5. The lowest BCUT2D eigenvalue weighted by Crippen LogP contribution is -2.46. The number of rotatable bonds is 8. The molecule has 3 N–H and O–H groups in total. The van der Waals surface area contributed by atoms with Gasteiger partial charge >= 0.3 is 0 Å². The molecule has 0 aliphatic heterocycles. The van der Waals surface area contributed by atoms with E-state index in [2.05, 4.69) is 10.6 Å². The molecular weight excluding hydrogens is 396 g/mol. The third-order valence-electron chi connectivity index (χ3n) is 4.58. The SMILES string of the molecule is COc1ccc(NC(=O)[C@H](CO)NC(=O)c2cccc(C(=O)c3ccccc3)c2)cc1. The zero-order chi connectivity index (χ0) is 22.2. The molecule has 0 aliphatic rings. The van der Waals surface area contributed by atoms with E-state index < -0.39 is 24.5 Å². The van der Waals surface area contributed by atoms with Crippen molar-refractivity contribution in [2.45, 2.75) is 6.04 Å². The van der Waals surface area contributed by atoms with Crippen molar-refractivity contribution in [3.05, 3.63) is 95.6 Å². The number of methoxy groups -OCH3 is 1. The maximum atomic E-state index is 12.6. The molecule has 0 saturated heterocycles. The molecule has 158 valence electrons. The Labute approximate surface area is 179 Å². The number of carbonyl (C=O) groups is 3. The van der Waals surface area contributed by atoms with E-state index in [9.17, 15) is 19.5 Å². The molecule has 3 aromatic rings.